The van der Waals surface area contributed by atoms with Crippen molar-refractivity contribution in [3.8, 4) is 0 Å². The van der Waals surface area contributed by atoms with Crippen LogP contribution in [0.5, 0.6) is 0 Å². The second-order valence-corrected chi connectivity index (χ2v) is 11.8. The predicted molar refractivity (Wildman–Crippen MR) is 86.5 cm³/mol. The average Bonchev–Trinajstić information content (AvgIpc) is 2.41. The molecule has 114 valence electrons. The number of ether oxygens (including phenoxy) is 1. The van der Waals surface area contributed by atoms with Gasteiger partial charge < -0.3 is 4.74 Å². The number of rotatable bonds is 2. The Morgan fingerprint density at radius 2 is 1.45 bits per heavy atom. The Balaban J connectivity index is 2.46. The minimum Gasteiger partial charge on any atom is -0.363 e. The molecular weight excluding hydrogens is 268 g/mol. The lowest BCUT2D eigenvalue weighted by Crippen LogP contribution is -2.55. The van der Waals surface area contributed by atoms with Crippen molar-refractivity contribution in [2.75, 3.05) is 12.5 Å². The molecule has 0 N–H and O–H groups in total. The molecule has 1 heterocycles. The molecule has 1 fully saturated rings. The van der Waals surface area contributed by atoms with Crippen LogP contribution in [0, 0.1) is 17.8 Å². The first kappa shape index (κ1) is 15.7. The largest absolute Gasteiger partial charge is 0.363 e. The fraction of sp³-hybridized carbons (Fsp3) is 0.647. The first-order valence-corrected chi connectivity index (χ1v) is 10.3. The molecule has 0 spiro atoms. The van der Waals surface area contributed by atoms with Gasteiger partial charge in [0.05, 0.1) is 6.10 Å². The highest BCUT2D eigenvalue weighted by atomic mass is 32.3. The minimum atomic E-state index is -3.03. The zero-order chi connectivity index (χ0) is 15.2. The van der Waals surface area contributed by atoms with Crippen LogP contribution >= 0.6 is 0 Å². The van der Waals surface area contributed by atoms with Crippen LogP contribution in [-0.4, -0.2) is 28.3 Å². The second kappa shape index (κ2) is 4.96. The lowest BCUT2D eigenvalue weighted by atomic mass is 9.80. The third-order valence-corrected chi connectivity index (χ3v) is 8.87. The maximum atomic E-state index is 13.8. The van der Waals surface area contributed by atoms with E-state index < -0.39 is 9.07 Å². The van der Waals surface area contributed by atoms with Gasteiger partial charge in [-0.3, -0.25) is 4.21 Å². The standard InChI is InChI=1S/C17H28O2S/c1-12-13(2)15(4)19-17(14(12)3)20(5,6,18)16-10-8-7-9-11-16/h7-15,17H,1-6H3. The van der Waals surface area contributed by atoms with Crippen molar-refractivity contribution in [2.45, 2.75) is 44.1 Å². The topological polar surface area (TPSA) is 26.3 Å². The minimum absolute atomic E-state index is 0.152. The van der Waals surface area contributed by atoms with E-state index in [9.17, 15) is 4.21 Å². The Hall–Kier alpha value is -0.670. The highest BCUT2D eigenvalue weighted by Gasteiger charge is 2.48. The molecule has 0 radical (unpaired) electrons. The molecule has 1 aromatic carbocycles. The molecule has 0 saturated carbocycles. The van der Waals surface area contributed by atoms with Crippen LogP contribution in [0.2, 0.25) is 0 Å². The summed E-state index contributed by atoms with van der Waals surface area (Å²) in [6.45, 7) is 8.78. The third kappa shape index (κ3) is 2.46. The van der Waals surface area contributed by atoms with Gasteiger partial charge in [0.25, 0.3) is 0 Å². The summed E-state index contributed by atoms with van der Waals surface area (Å²) in [5.41, 5.74) is -0.212. The van der Waals surface area contributed by atoms with E-state index in [0.717, 1.165) is 4.90 Å². The highest BCUT2D eigenvalue weighted by molar-refractivity contribution is 8.19. The summed E-state index contributed by atoms with van der Waals surface area (Å²) < 4.78 is 20.1. The molecule has 3 heteroatoms. The summed E-state index contributed by atoms with van der Waals surface area (Å²) in [4.78, 5) is 0.912. The highest BCUT2D eigenvalue weighted by Crippen LogP contribution is 2.46. The van der Waals surface area contributed by atoms with Crippen LogP contribution in [0.3, 0.4) is 0 Å². The van der Waals surface area contributed by atoms with Gasteiger partial charge >= 0.3 is 0 Å². The van der Waals surface area contributed by atoms with E-state index >= 15 is 0 Å². The summed E-state index contributed by atoms with van der Waals surface area (Å²) in [6, 6.07) is 9.82. The normalized spacial score (nSPS) is 37.1. The Morgan fingerprint density at radius 3 is 2.00 bits per heavy atom. The van der Waals surface area contributed by atoms with Crippen LogP contribution in [-0.2, 0) is 13.8 Å². The van der Waals surface area contributed by atoms with Crippen LogP contribution < -0.4 is 0 Å². The van der Waals surface area contributed by atoms with Gasteiger partial charge in [-0.2, -0.15) is 0 Å². The predicted octanol–water partition coefficient (Wildman–Crippen LogP) is 3.78. The van der Waals surface area contributed by atoms with Crippen molar-refractivity contribution in [2.24, 2.45) is 17.8 Å². The molecule has 20 heavy (non-hydrogen) atoms. The fourth-order valence-corrected chi connectivity index (χ4v) is 6.59. The Bertz CT molecular complexity index is 531. The van der Waals surface area contributed by atoms with Gasteiger partial charge in [-0.1, -0.05) is 48.0 Å². The van der Waals surface area contributed by atoms with E-state index in [-0.39, 0.29) is 17.5 Å². The molecule has 5 unspecified atom stereocenters. The molecule has 0 aliphatic carbocycles. The molecular formula is C17H28O2S. The van der Waals surface area contributed by atoms with E-state index in [1.807, 2.05) is 42.8 Å². The van der Waals surface area contributed by atoms with Crippen LogP contribution in [0.25, 0.3) is 0 Å². The molecule has 0 aromatic heterocycles. The second-order valence-electron chi connectivity index (χ2n) is 7.02. The van der Waals surface area contributed by atoms with Gasteiger partial charge in [0.2, 0.25) is 0 Å². The number of hydrogen-bond donors (Lipinski definition) is 0. The van der Waals surface area contributed by atoms with Gasteiger partial charge in [0.15, 0.2) is 0 Å². The van der Waals surface area contributed by atoms with Crippen molar-refractivity contribution in [3.05, 3.63) is 30.3 Å². The maximum absolute atomic E-state index is 13.8. The van der Waals surface area contributed by atoms with Crippen molar-refractivity contribution < 1.29 is 8.95 Å². The zero-order valence-corrected chi connectivity index (χ0v) is 14.3. The molecule has 1 aromatic rings. The van der Waals surface area contributed by atoms with Gasteiger partial charge in [-0.25, -0.2) is 0 Å². The maximum Gasteiger partial charge on any atom is 0.119 e. The summed E-state index contributed by atoms with van der Waals surface area (Å²) in [5, 5.41) is 0. The SMILES string of the molecule is CC1OC(S(C)(C)(=O)c2ccccc2)C(C)C(C)C1C. The summed E-state index contributed by atoms with van der Waals surface area (Å²) in [5.74, 6) is 1.30. The lowest BCUT2D eigenvalue weighted by Gasteiger charge is -2.52. The first-order chi connectivity index (χ1) is 9.13. The molecule has 5 atom stereocenters. The Labute approximate surface area is 123 Å². The fourth-order valence-electron chi connectivity index (χ4n) is 3.36. The van der Waals surface area contributed by atoms with Crippen LogP contribution in [0.4, 0.5) is 0 Å². The lowest BCUT2D eigenvalue weighted by molar-refractivity contribution is -0.0885. The van der Waals surface area contributed by atoms with E-state index in [0.29, 0.717) is 11.8 Å². The zero-order valence-electron chi connectivity index (χ0n) is 13.5. The first-order valence-electron chi connectivity index (χ1n) is 7.45. The van der Waals surface area contributed by atoms with Crippen molar-refractivity contribution >= 4 is 9.07 Å². The van der Waals surface area contributed by atoms with Crippen molar-refractivity contribution in [1.82, 2.24) is 0 Å². The molecule has 2 rings (SSSR count). The average molecular weight is 296 g/mol. The summed E-state index contributed by atoms with van der Waals surface area (Å²) in [6.07, 6.45) is 3.94. The molecule has 1 aliphatic heterocycles. The molecule has 1 aliphatic rings. The van der Waals surface area contributed by atoms with Gasteiger partial charge in [0, 0.05) is 4.90 Å². The smallest absolute Gasteiger partial charge is 0.119 e. The van der Waals surface area contributed by atoms with Gasteiger partial charge in [0.1, 0.15) is 5.44 Å². The van der Waals surface area contributed by atoms with Crippen molar-refractivity contribution in [3.63, 3.8) is 0 Å². The van der Waals surface area contributed by atoms with E-state index in [4.69, 9.17) is 4.74 Å². The molecule has 0 bridgehead atoms. The Kier molecular flexibility index (Phi) is 3.89. The third-order valence-electron chi connectivity index (χ3n) is 5.30. The van der Waals surface area contributed by atoms with Crippen molar-refractivity contribution in [1.29, 1.82) is 0 Å². The van der Waals surface area contributed by atoms with Crippen LogP contribution in [0.15, 0.2) is 35.2 Å². The molecule has 1 saturated heterocycles. The van der Waals surface area contributed by atoms with Crippen LogP contribution in [0.1, 0.15) is 27.7 Å². The molecule has 2 nitrogen and oxygen atoms in total. The quantitative estimate of drug-likeness (QED) is 0.830. The van der Waals surface area contributed by atoms with E-state index in [1.165, 1.54) is 0 Å². The number of hydrogen-bond acceptors (Lipinski definition) is 2. The van der Waals surface area contributed by atoms with Gasteiger partial charge in [-0.05, 0) is 49.3 Å². The monoisotopic (exact) mass is 296 g/mol. The molecule has 0 amide bonds. The van der Waals surface area contributed by atoms with E-state index in [2.05, 4.69) is 27.7 Å². The number of benzene rings is 1. The summed E-state index contributed by atoms with van der Waals surface area (Å²) in [7, 11) is -3.03. The van der Waals surface area contributed by atoms with E-state index in [1.54, 1.807) is 0 Å². The Morgan fingerprint density at radius 1 is 0.900 bits per heavy atom. The summed E-state index contributed by atoms with van der Waals surface area (Å²) >= 11 is 0. The van der Waals surface area contributed by atoms with Gasteiger partial charge in [-0.15, -0.1) is 0 Å².